The standard InChI is InChI=1S/C22H22N2O5/c1-3-23(13-16-9-5-4-6-10-16)19(25)14-29-22(28)15(2)24-20(26)17-11-7-8-12-18(17)21(24)27/h4-12,15H,3,13-14H2,1-2H3/t15-/m0/s1. The average Bonchev–Trinajstić information content (AvgIpc) is 3.00. The Labute approximate surface area is 168 Å². The van der Waals surface area contributed by atoms with E-state index in [1.54, 1.807) is 29.2 Å². The zero-order valence-corrected chi connectivity index (χ0v) is 16.3. The van der Waals surface area contributed by atoms with Gasteiger partial charge in [-0.2, -0.15) is 0 Å². The molecular weight excluding hydrogens is 372 g/mol. The molecule has 2 aromatic rings. The van der Waals surface area contributed by atoms with E-state index in [4.69, 9.17) is 4.74 Å². The van der Waals surface area contributed by atoms with Gasteiger partial charge in [-0.15, -0.1) is 0 Å². The first-order valence-corrected chi connectivity index (χ1v) is 9.39. The van der Waals surface area contributed by atoms with Gasteiger partial charge in [-0.1, -0.05) is 42.5 Å². The van der Waals surface area contributed by atoms with Gasteiger partial charge in [0.25, 0.3) is 17.7 Å². The smallest absolute Gasteiger partial charge is 0.329 e. The molecule has 1 aliphatic heterocycles. The summed E-state index contributed by atoms with van der Waals surface area (Å²) >= 11 is 0. The zero-order chi connectivity index (χ0) is 21.0. The van der Waals surface area contributed by atoms with Gasteiger partial charge in [-0.3, -0.25) is 19.3 Å². The van der Waals surface area contributed by atoms with Crippen LogP contribution < -0.4 is 0 Å². The monoisotopic (exact) mass is 394 g/mol. The third-order valence-corrected chi connectivity index (χ3v) is 4.84. The summed E-state index contributed by atoms with van der Waals surface area (Å²) in [5.74, 6) is -2.23. The number of hydrogen-bond donors (Lipinski definition) is 0. The first-order chi connectivity index (χ1) is 13.9. The van der Waals surface area contributed by atoms with Crippen LogP contribution in [-0.2, 0) is 20.9 Å². The molecule has 0 unspecified atom stereocenters. The SMILES string of the molecule is CCN(Cc1ccccc1)C(=O)COC(=O)[C@H](C)N1C(=O)c2ccccc2C1=O. The van der Waals surface area contributed by atoms with E-state index in [-0.39, 0.29) is 17.0 Å². The number of benzene rings is 2. The van der Waals surface area contributed by atoms with Crippen molar-refractivity contribution in [2.45, 2.75) is 26.4 Å². The molecule has 0 saturated carbocycles. The summed E-state index contributed by atoms with van der Waals surface area (Å²) in [5.41, 5.74) is 1.48. The summed E-state index contributed by atoms with van der Waals surface area (Å²) in [5, 5.41) is 0. The van der Waals surface area contributed by atoms with Gasteiger partial charge < -0.3 is 9.64 Å². The van der Waals surface area contributed by atoms with Crippen molar-refractivity contribution in [2.75, 3.05) is 13.2 Å². The highest BCUT2D eigenvalue weighted by Crippen LogP contribution is 2.24. The first kappa shape index (κ1) is 20.3. The molecule has 0 radical (unpaired) electrons. The van der Waals surface area contributed by atoms with Crippen LogP contribution in [0, 0.1) is 0 Å². The number of amides is 3. The Hall–Kier alpha value is -3.48. The number of esters is 1. The maximum absolute atomic E-state index is 12.5. The number of nitrogens with zero attached hydrogens (tertiary/aromatic N) is 2. The van der Waals surface area contributed by atoms with Crippen LogP contribution in [0.3, 0.4) is 0 Å². The van der Waals surface area contributed by atoms with Crippen LogP contribution in [0.25, 0.3) is 0 Å². The number of likely N-dealkylation sites (N-methyl/N-ethyl adjacent to an activating group) is 1. The molecule has 29 heavy (non-hydrogen) atoms. The molecule has 0 N–H and O–H groups in total. The van der Waals surface area contributed by atoms with Crippen LogP contribution in [0.1, 0.15) is 40.1 Å². The molecule has 0 aromatic heterocycles. The lowest BCUT2D eigenvalue weighted by molar-refractivity contribution is -0.155. The van der Waals surface area contributed by atoms with Crippen molar-refractivity contribution in [3.05, 3.63) is 71.3 Å². The number of fused-ring (bicyclic) bond motifs is 1. The second kappa shape index (κ2) is 8.68. The van der Waals surface area contributed by atoms with Gasteiger partial charge in [0.1, 0.15) is 6.04 Å². The number of carbonyl (C=O) groups is 4. The molecule has 0 saturated heterocycles. The van der Waals surface area contributed by atoms with E-state index in [1.807, 2.05) is 37.3 Å². The van der Waals surface area contributed by atoms with Crippen molar-refractivity contribution >= 4 is 23.7 Å². The summed E-state index contributed by atoms with van der Waals surface area (Å²) in [6, 6.07) is 14.7. The number of rotatable bonds is 7. The Kier molecular flexibility index (Phi) is 6.07. The molecule has 1 aliphatic rings. The van der Waals surface area contributed by atoms with Crippen LogP contribution in [0.4, 0.5) is 0 Å². The van der Waals surface area contributed by atoms with Crippen LogP contribution in [0.2, 0.25) is 0 Å². The van der Waals surface area contributed by atoms with Gasteiger partial charge in [-0.25, -0.2) is 4.79 Å². The molecule has 0 bridgehead atoms. The fraction of sp³-hybridized carbons (Fsp3) is 0.273. The number of ether oxygens (including phenoxy) is 1. The van der Waals surface area contributed by atoms with Crippen LogP contribution in [0.15, 0.2) is 54.6 Å². The predicted octanol–water partition coefficient (Wildman–Crippen LogP) is 2.26. The van der Waals surface area contributed by atoms with Gasteiger partial charge in [0.15, 0.2) is 6.61 Å². The molecule has 150 valence electrons. The molecule has 3 amide bonds. The van der Waals surface area contributed by atoms with Gasteiger partial charge >= 0.3 is 5.97 Å². The number of carbonyl (C=O) groups excluding carboxylic acids is 4. The Morgan fingerprint density at radius 3 is 2.07 bits per heavy atom. The highest BCUT2D eigenvalue weighted by atomic mass is 16.5. The van der Waals surface area contributed by atoms with E-state index in [9.17, 15) is 19.2 Å². The van der Waals surface area contributed by atoms with Gasteiger partial charge in [0.05, 0.1) is 11.1 Å². The Bertz CT molecular complexity index is 906. The van der Waals surface area contributed by atoms with Crippen molar-refractivity contribution in [2.24, 2.45) is 0 Å². The van der Waals surface area contributed by atoms with E-state index >= 15 is 0 Å². The van der Waals surface area contributed by atoms with Crippen molar-refractivity contribution in [1.82, 2.24) is 9.80 Å². The molecule has 0 fully saturated rings. The van der Waals surface area contributed by atoms with Crippen LogP contribution in [0.5, 0.6) is 0 Å². The topological polar surface area (TPSA) is 84.0 Å². The largest absolute Gasteiger partial charge is 0.454 e. The average molecular weight is 394 g/mol. The molecule has 3 rings (SSSR count). The van der Waals surface area contributed by atoms with E-state index in [0.29, 0.717) is 13.1 Å². The highest BCUT2D eigenvalue weighted by Gasteiger charge is 2.41. The highest BCUT2D eigenvalue weighted by molar-refractivity contribution is 6.22. The fourth-order valence-corrected chi connectivity index (χ4v) is 3.19. The molecule has 2 aromatic carbocycles. The van der Waals surface area contributed by atoms with Crippen LogP contribution in [-0.4, -0.2) is 52.7 Å². The lowest BCUT2D eigenvalue weighted by Crippen LogP contribution is -2.44. The maximum atomic E-state index is 12.5. The minimum Gasteiger partial charge on any atom is -0.454 e. The van der Waals surface area contributed by atoms with Crippen LogP contribution >= 0.6 is 0 Å². The summed E-state index contributed by atoms with van der Waals surface area (Å²) in [6.45, 7) is 3.66. The summed E-state index contributed by atoms with van der Waals surface area (Å²) in [7, 11) is 0. The third kappa shape index (κ3) is 4.18. The zero-order valence-electron chi connectivity index (χ0n) is 16.3. The second-order valence-corrected chi connectivity index (χ2v) is 6.70. The fourth-order valence-electron chi connectivity index (χ4n) is 3.19. The van der Waals surface area contributed by atoms with Gasteiger partial charge in [0, 0.05) is 13.1 Å². The lowest BCUT2D eigenvalue weighted by Gasteiger charge is -2.23. The predicted molar refractivity (Wildman–Crippen MR) is 105 cm³/mol. The minimum absolute atomic E-state index is 0.258. The Balaban J connectivity index is 1.59. The molecule has 7 heteroatoms. The van der Waals surface area contributed by atoms with E-state index in [0.717, 1.165) is 10.5 Å². The Morgan fingerprint density at radius 2 is 1.52 bits per heavy atom. The first-order valence-electron chi connectivity index (χ1n) is 9.39. The van der Waals surface area contributed by atoms with E-state index < -0.39 is 30.4 Å². The molecule has 1 atom stereocenters. The maximum Gasteiger partial charge on any atom is 0.329 e. The molecule has 0 aliphatic carbocycles. The molecule has 0 spiro atoms. The molecule has 7 nitrogen and oxygen atoms in total. The lowest BCUT2D eigenvalue weighted by atomic mass is 10.1. The second-order valence-electron chi connectivity index (χ2n) is 6.70. The summed E-state index contributed by atoms with van der Waals surface area (Å²) in [6.07, 6.45) is 0. The molecular formula is C22H22N2O5. The van der Waals surface area contributed by atoms with Crippen molar-refractivity contribution in [3.63, 3.8) is 0 Å². The quantitative estimate of drug-likeness (QED) is 0.531. The van der Waals surface area contributed by atoms with Gasteiger partial charge in [0.2, 0.25) is 0 Å². The number of hydrogen-bond acceptors (Lipinski definition) is 5. The molecule has 1 heterocycles. The van der Waals surface area contributed by atoms with E-state index in [1.165, 1.54) is 6.92 Å². The normalized spacial score (nSPS) is 13.8. The minimum atomic E-state index is -1.13. The van der Waals surface area contributed by atoms with Crippen molar-refractivity contribution in [1.29, 1.82) is 0 Å². The summed E-state index contributed by atoms with van der Waals surface area (Å²) < 4.78 is 5.12. The van der Waals surface area contributed by atoms with E-state index in [2.05, 4.69) is 0 Å². The van der Waals surface area contributed by atoms with Crippen molar-refractivity contribution < 1.29 is 23.9 Å². The number of imide groups is 1. The third-order valence-electron chi connectivity index (χ3n) is 4.84. The summed E-state index contributed by atoms with van der Waals surface area (Å²) in [4.78, 5) is 52.2. The van der Waals surface area contributed by atoms with Gasteiger partial charge in [-0.05, 0) is 31.5 Å². The van der Waals surface area contributed by atoms with Crippen molar-refractivity contribution in [3.8, 4) is 0 Å². The Morgan fingerprint density at radius 1 is 0.966 bits per heavy atom.